The smallest absolute Gasteiger partial charge is 0.169 e. The number of hydrogen-bond acceptors (Lipinski definition) is 4. The molecule has 1 saturated heterocycles. The average Bonchev–Trinajstić information content (AvgIpc) is 2.46. The highest BCUT2D eigenvalue weighted by molar-refractivity contribution is 5.53. The molecule has 0 unspecified atom stereocenters. The molecule has 4 heteroatoms. The van der Waals surface area contributed by atoms with Gasteiger partial charge in [-0.25, -0.2) is 0 Å². The van der Waals surface area contributed by atoms with Gasteiger partial charge in [-0.3, -0.25) is 0 Å². The first-order chi connectivity index (χ1) is 8.90. The molecule has 18 heavy (non-hydrogen) atoms. The summed E-state index contributed by atoms with van der Waals surface area (Å²) in [5.74, 6) is 1.60. The van der Waals surface area contributed by atoms with Crippen molar-refractivity contribution < 1.29 is 0 Å². The molecule has 2 fully saturated rings. The largest absolute Gasteiger partial charge is 0.351 e. The minimum Gasteiger partial charge on any atom is -0.351 e. The minimum absolute atomic E-state index is 0.580. The molecule has 1 aliphatic carbocycles. The molecular formula is C14H18N4. The third-order valence-corrected chi connectivity index (χ3v) is 4.34. The molecule has 3 rings (SSSR count). The monoisotopic (exact) mass is 242 g/mol. The molecule has 1 aromatic heterocycles. The topological polar surface area (TPSA) is 52.8 Å². The number of piperidine rings is 1. The van der Waals surface area contributed by atoms with Crippen molar-refractivity contribution in [1.82, 2.24) is 10.2 Å². The summed E-state index contributed by atoms with van der Waals surface area (Å²) in [4.78, 5) is 2.35. The molecule has 0 radical (unpaired) electrons. The van der Waals surface area contributed by atoms with Crippen LogP contribution in [0.3, 0.4) is 0 Å². The van der Waals surface area contributed by atoms with Gasteiger partial charge >= 0.3 is 0 Å². The fourth-order valence-corrected chi connectivity index (χ4v) is 3.51. The molecular weight excluding hydrogens is 224 g/mol. The van der Waals surface area contributed by atoms with Crippen LogP contribution in [-0.2, 0) is 0 Å². The first kappa shape index (κ1) is 11.5. The Morgan fingerprint density at radius 3 is 2.94 bits per heavy atom. The first-order valence-corrected chi connectivity index (χ1v) is 6.88. The normalized spacial score (nSPS) is 27.4. The van der Waals surface area contributed by atoms with E-state index in [-0.39, 0.29) is 0 Å². The fourth-order valence-electron chi connectivity index (χ4n) is 3.51. The van der Waals surface area contributed by atoms with Gasteiger partial charge in [0.1, 0.15) is 6.07 Å². The highest BCUT2D eigenvalue weighted by Gasteiger charge is 2.34. The molecule has 2 atom stereocenters. The minimum atomic E-state index is 0.580. The van der Waals surface area contributed by atoms with Crippen LogP contribution in [-0.4, -0.2) is 22.8 Å². The summed E-state index contributed by atoms with van der Waals surface area (Å²) in [6, 6.07) is 4.60. The van der Waals surface area contributed by atoms with Crippen LogP contribution < -0.4 is 4.90 Å². The second kappa shape index (κ2) is 4.93. The van der Waals surface area contributed by atoms with Gasteiger partial charge in [-0.2, -0.15) is 10.4 Å². The summed E-state index contributed by atoms with van der Waals surface area (Å²) in [6.07, 6.45) is 9.39. The third-order valence-electron chi connectivity index (χ3n) is 4.34. The van der Waals surface area contributed by atoms with Gasteiger partial charge in [-0.1, -0.05) is 12.8 Å². The van der Waals surface area contributed by atoms with E-state index < -0.39 is 0 Å². The predicted molar refractivity (Wildman–Crippen MR) is 69.1 cm³/mol. The number of rotatable bonds is 1. The summed E-state index contributed by atoms with van der Waals surface area (Å²) in [6.45, 7) is 1.02. The number of aromatic nitrogens is 2. The van der Waals surface area contributed by atoms with E-state index in [1.54, 1.807) is 12.3 Å². The molecule has 1 saturated carbocycles. The van der Waals surface area contributed by atoms with E-state index in [1.807, 2.05) is 0 Å². The molecule has 2 heterocycles. The van der Waals surface area contributed by atoms with Gasteiger partial charge in [0.05, 0.1) is 11.8 Å². The van der Waals surface area contributed by atoms with Crippen LogP contribution in [0.25, 0.3) is 0 Å². The van der Waals surface area contributed by atoms with Crippen molar-refractivity contribution in [1.29, 1.82) is 5.26 Å². The third kappa shape index (κ3) is 1.94. The van der Waals surface area contributed by atoms with Crippen LogP contribution in [0.4, 0.5) is 5.82 Å². The predicted octanol–water partition coefficient (Wildman–Crippen LogP) is 2.51. The summed E-state index contributed by atoms with van der Waals surface area (Å²) in [5, 5.41) is 17.4. The van der Waals surface area contributed by atoms with E-state index in [4.69, 9.17) is 0 Å². The Morgan fingerprint density at radius 2 is 2.06 bits per heavy atom. The molecule has 0 amide bonds. The zero-order valence-electron chi connectivity index (χ0n) is 10.5. The highest BCUT2D eigenvalue weighted by atomic mass is 15.3. The van der Waals surface area contributed by atoms with Gasteiger partial charge in [-0.05, 0) is 37.7 Å². The van der Waals surface area contributed by atoms with Crippen molar-refractivity contribution >= 4 is 5.82 Å². The van der Waals surface area contributed by atoms with Crippen molar-refractivity contribution in [3.8, 4) is 6.07 Å². The van der Waals surface area contributed by atoms with E-state index in [2.05, 4.69) is 21.2 Å². The molecule has 1 aromatic rings. The molecule has 1 aliphatic heterocycles. The molecule has 0 N–H and O–H groups in total. The van der Waals surface area contributed by atoms with E-state index in [0.29, 0.717) is 11.6 Å². The maximum Gasteiger partial charge on any atom is 0.169 e. The van der Waals surface area contributed by atoms with Crippen molar-refractivity contribution in [2.24, 2.45) is 5.92 Å². The van der Waals surface area contributed by atoms with Gasteiger partial charge in [-0.15, -0.1) is 5.10 Å². The Kier molecular flexibility index (Phi) is 3.14. The van der Waals surface area contributed by atoms with E-state index >= 15 is 0 Å². The van der Waals surface area contributed by atoms with Gasteiger partial charge < -0.3 is 4.90 Å². The second-order valence-corrected chi connectivity index (χ2v) is 5.33. The molecule has 0 spiro atoms. The maximum absolute atomic E-state index is 9.20. The summed E-state index contributed by atoms with van der Waals surface area (Å²) in [7, 11) is 0. The first-order valence-electron chi connectivity index (χ1n) is 6.88. The Balaban J connectivity index is 1.92. The zero-order valence-corrected chi connectivity index (χ0v) is 10.5. The Morgan fingerprint density at radius 1 is 1.22 bits per heavy atom. The van der Waals surface area contributed by atoms with Crippen molar-refractivity contribution in [3.63, 3.8) is 0 Å². The number of hydrogen-bond donors (Lipinski definition) is 0. The molecule has 0 bridgehead atoms. The van der Waals surface area contributed by atoms with Crippen molar-refractivity contribution in [2.75, 3.05) is 11.4 Å². The Labute approximate surface area is 108 Å². The van der Waals surface area contributed by atoms with Crippen LogP contribution in [0.2, 0.25) is 0 Å². The number of nitriles is 1. The van der Waals surface area contributed by atoms with E-state index in [1.165, 1.54) is 38.5 Å². The van der Waals surface area contributed by atoms with Crippen LogP contribution in [0.1, 0.15) is 44.1 Å². The molecule has 4 nitrogen and oxygen atoms in total. The average molecular weight is 242 g/mol. The lowest BCUT2D eigenvalue weighted by Crippen LogP contribution is -2.47. The number of anilines is 1. The molecule has 2 aliphatic rings. The van der Waals surface area contributed by atoms with E-state index in [9.17, 15) is 5.26 Å². The zero-order chi connectivity index (χ0) is 12.4. The maximum atomic E-state index is 9.20. The SMILES string of the molecule is N#Cc1ccnnc1N1CCC[C@H]2CCCC[C@H]21. The molecule has 0 aromatic carbocycles. The van der Waals surface area contributed by atoms with Crippen molar-refractivity contribution in [3.05, 3.63) is 17.8 Å². The van der Waals surface area contributed by atoms with Crippen LogP contribution >= 0.6 is 0 Å². The summed E-state index contributed by atoms with van der Waals surface area (Å²) >= 11 is 0. The van der Waals surface area contributed by atoms with Crippen LogP contribution in [0, 0.1) is 17.2 Å². The second-order valence-electron chi connectivity index (χ2n) is 5.33. The lowest BCUT2D eigenvalue weighted by molar-refractivity contribution is 0.242. The lowest BCUT2D eigenvalue weighted by Gasteiger charge is -2.44. The van der Waals surface area contributed by atoms with Gasteiger partial charge in [0, 0.05) is 12.6 Å². The van der Waals surface area contributed by atoms with Gasteiger partial charge in [0.2, 0.25) is 0 Å². The Bertz CT molecular complexity index is 463. The Hall–Kier alpha value is -1.63. The van der Waals surface area contributed by atoms with Gasteiger partial charge in [0.25, 0.3) is 0 Å². The number of fused-ring (bicyclic) bond motifs is 1. The van der Waals surface area contributed by atoms with Crippen LogP contribution in [0.5, 0.6) is 0 Å². The van der Waals surface area contributed by atoms with Gasteiger partial charge in [0.15, 0.2) is 5.82 Å². The summed E-state index contributed by atoms with van der Waals surface area (Å²) < 4.78 is 0. The standard InChI is InChI=1S/C14H18N4/c15-10-12-7-8-16-17-14(12)18-9-3-5-11-4-1-2-6-13(11)18/h7-8,11,13H,1-6,9H2/t11-,13-/m1/s1. The van der Waals surface area contributed by atoms with Crippen LogP contribution in [0.15, 0.2) is 12.3 Å². The van der Waals surface area contributed by atoms with Crippen molar-refractivity contribution in [2.45, 2.75) is 44.6 Å². The number of nitrogens with zero attached hydrogens (tertiary/aromatic N) is 4. The fraction of sp³-hybridized carbons (Fsp3) is 0.643. The quantitative estimate of drug-likeness (QED) is 0.759. The highest BCUT2D eigenvalue weighted by Crippen LogP contribution is 2.37. The molecule has 94 valence electrons. The lowest BCUT2D eigenvalue weighted by atomic mass is 9.78. The summed E-state index contributed by atoms with van der Waals surface area (Å²) in [5.41, 5.74) is 0.663. The van der Waals surface area contributed by atoms with E-state index in [0.717, 1.165) is 18.3 Å².